The van der Waals surface area contributed by atoms with Gasteiger partial charge in [-0.15, -0.1) is 11.3 Å². The van der Waals surface area contributed by atoms with Crippen molar-refractivity contribution in [1.29, 1.82) is 0 Å². The second-order valence-electron chi connectivity index (χ2n) is 5.51. The van der Waals surface area contributed by atoms with Crippen LogP contribution in [0.15, 0.2) is 12.1 Å². The Morgan fingerprint density at radius 3 is 2.65 bits per heavy atom. The van der Waals surface area contributed by atoms with E-state index < -0.39 is 5.91 Å². The monoisotopic (exact) mass is 296 g/mol. The van der Waals surface area contributed by atoms with Crippen LogP contribution in [0.5, 0.6) is 0 Å². The zero-order valence-corrected chi connectivity index (χ0v) is 12.4. The van der Waals surface area contributed by atoms with E-state index in [1.807, 2.05) is 6.92 Å². The SMILES string of the molecule is CC1(C(=O)NCc2ccc(C(=O)NO)s2)CCCCC1. The topological polar surface area (TPSA) is 78.4 Å². The second kappa shape index (κ2) is 6.37. The zero-order valence-electron chi connectivity index (χ0n) is 11.6. The molecule has 1 aromatic rings. The summed E-state index contributed by atoms with van der Waals surface area (Å²) >= 11 is 1.27. The molecule has 0 radical (unpaired) electrons. The van der Waals surface area contributed by atoms with Crippen molar-refractivity contribution in [3.05, 3.63) is 21.9 Å². The summed E-state index contributed by atoms with van der Waals surface area (Å²) in [4.78, 5) is 24.8. The molecule has 110 valence electrons. The van der Waals surface area contributed by atoms with E-state index in [1.165, 1.54) is 17.8 Å². The van der Waals surface area contributed by atoms with E-state index in [1.54, 1.807) is 17.6 Å². The molecule has 0 atom stereocenters. The summed E-state index contributed by atoms with van der Waals surface area (Å²) < 4.78 is 0. The van der Waals surface area contributed by atoms with Crippen LogP contribution in [0.1, 0.15) is 53.6 Å². The van der Waals surface area contributed by atoms with Crippen LogP contribution in [-0.4, -0.2) is 17.0 Å². The van der Waals surface area contributed by atoms with Gasteiger partial charge in [0.25, 0.3) is 5.91 Å². The molecule has 20 heavy (non-hydrogen) atoms. The minimum absolute atomic E-state index is 0.0961. The summed E-state index contributed by atoms with van der Waals surface area (Å²) in [6.07, 6.45) is 5.34. The summed E-state index contributed by atoms with van der Waals surface area (Å²) in [6, 6.07) is 3.43. The van der Waals surface area contributed by atoms with Crippen LogP contribution in [0.4, 0.5) is 0 Å². The van der Waals surface area contributed by atoms with Gasteiger partial charge in [-0.3, -0.25) is 14.8 Å². The molecule has 5 nitrogen and oxygen atoms in total. The van der Waals surface area contributed by atoms with E-state index >= 15 is 0 Å². The lowest BCUT2D eigenvalue weighted by atomic mass is 9.75. The van der Waals surface area contributed by atoms with Gasteiger partial charge in [-0.2, -0.15) is 0 Å². The van der Waals surface area contributed by atoms with Gasteiger partial charge >= 0.3 is 0 Å². The maximum absolute atomic E-state index is 12.3. The fraction of sp³-hybridized carbons (Fsp3) is 0.571. The standard InChI is InChI=1S/C14H20N2O3S/c1-14(7-3-2-4-8-14)13(18)15-9-10-5-6-11(20-10)12(17)16-19/h5-6,19H,2-4,7-9H2,1H3,(H,15,18)(H,16,17). The van der Waals surface area contributed by atoms with Gasteiger partial charge in [0.1, 0.15) is 0 Å². The molecule has 1 heterocycles. The van der Waals surface area contributed by atoms with E-state index in [2.05, 4.69) is 5.32 Å². The van der Waals surface area contributed by atoms with Crippen LogP contribution in [0.3, 0.4) is 0 Å². The molecule has 2 amide bonds. The predicted octanol–water partition coefficient (Wildman–Crippen LogP) is 2.45. The quantitative estimate of drug-likeness (QED) is 0.590. The minimum atomic E-state index is -0.521. The number of hydrogen-bond donors (Lipinski definition) is 3. The number of amides is 2. The van der Waals surface area contributed by atoms with E-state index in [0.29, 0.717) is 11.4 Å². The maximum atomic E-state index is 12.3. The molecular weight excluding hydrogens is 276 g/mol. The molecular formula is C14H20N2O3S. The largest absolute Gasteiger partial charge is 0.351 e. The van der Waals surface area contributed by atoms with E-state index in [9.17, 15) is 9.59 Å². The van der Waals surface area contributed by atoms with Crippen molar-refractivity contribution < 1.29 is 14.8 Å². The van der Waals surface area contributed by atoms with Gasteiger partial charge in [0, 0.05) is 10.3 Å². The van der Waals surface area contributed by atoms with Gasteiger partial charge in [0.2, 0.25) is 5.91 Å². The molecule has 0 spiro atoms. The Kier molecular flexibility index (Phi) is 4.77. The second-order valence-corrected chi connectivity index (χ2v) is 6.68. The zero-order chi connectivity index (χ0) is 14.6. The molecule has 0 unspecified atom stereocenters. The summed E-state index contributed by atoms with van der Waals surface area (Å²) in [5.74, 6) is -0.425. The van der Waals surface area contributed by atoms with Crippen molar-refractivity contribution in [3.63, 3.8) is 0 Å². The van der Waals surface area contributed by atoms with Gasteiger partial charge in [-0.05, 0) is 25.0 Å². The Hall–Kier alpha value is -1.40. The average molecular weight is 296 g/mol. The molecule has 0 bridgehead atoms. The summed E-state index contributed by atoms with van der Waals surface area (Å²) in [6.45, 7) is 2.46. The molecule has 0 saturated heterocycles. The van der Waals surface area contributed by atoms with Crippen LogP contribution < -0.4 is 10.8 Å². The van der Waals surface area contributed by atoms with Crippen LogP contribution in [0.25, 0.3) is 0 Å². The number of carbonyl (C=O) groups is 2. The first-order valence-corrected chi connectivity index (χ1v) is 7.68. The predicted molar refractivity (Wildman–Crippen MR) is 76.6 cm³/mol. The van der Waals surface area contributed by atoms with Gasteiger partial charge in [-0.25, -0.2) is 5.48 Å². The number of hydroxylamine groups is 1. The van der Waals surface area contributed by atoms with Crippen molar-refractivity contribution in [1.82, 2.24) is 10.8 Å². The van der Waals surface area contributed by atoms with E-state index in [0.717, 1.165) is 30.6 Å². The number of carbonyl (C=O) groups excluding carboxylic acids is 2. The molecule has 1 fully saturated rings. The molecule has 1 aliphatic carbocycles. The number of nitrogens with one attached hydrogen (secondary N) is 2. The van der Waals surface area contributed by atoms with E-state index in [4.69, 9.17) is 5.21 Å². The molecule has 1 saturated carbocycles. The highest BCUT2D eigenvalue weighted by molar-refractivity contribution is 7.14. The summed E-state index contributed by atoms with van der Waals surface area (Å²) in [7, 11) is 0. The Balaban J connectivity index is 1.90. The van der Waals surface area contributed by atoms with Crippen molar-refractivity contribution >= 4 is 23.2 Å². The molecule has 2 rings (SSSR count). The highest BCUT2D eigenvalue weighted by atomic mass is 32.1. The normalized spacial score (nSPS) is 17.5. The lowest BCUT2D eigenvalue weighted by Gasteiger charge is -2.31. The summed E-state index contributed by atoms with van der Waals surface area (Å²) in [5, 5.41) is 11.5. The Bertz CT molecular complexity index is 492. The minimum Gasteiger partial charge on any atom is -0.351 e. The molecule has 3 N–H and O–H groups in total. The van der Waals surface area contributed by atoms with Gasteiger partial charge in [-0.1, -0.05) is 26.2 Å². The lowest BCUT2D eigenvalue weighted by molar-refractivity contribution is -0.132. The molecule has 0 aliphatic heterocycles. The van der Waals surface area contributed by atoms with Crippen molar-refractivity contribution in [2.75, 3.05) is 0 Å². The van der Waals surface area contributed by atoms with Crippen molar-refractivity contribution in [2.24, 2.45) is 5.41 Å². The first-order valence-electron chi connectivity index (χ1n) is 6.87. The number of rotatable bonds is 4. The molecule has 1 aromatic heterocycles. The van der Waals surface area contributed by atoms with Crippen LogP contribution in [0, 0.1) is 5.41 Å². The molecule has 0 aromatic carbocycles. The lowest BCUT2D eigenvalue weighted by Crippen LogP contribution is -2.39. The third-order valence-corrected chi connectivity index (χ3v) is 5.00. The fourth-order valence-electron chi connectivity index (χ4n) is 2.59. The first kappa shape index (κ1) is 15.0. The molecule has 6 heteroatoms. The highest BCUT2D eigenvalue weighted by Gasteiger charge is 2.34. The Labute approximate surface area is 122 Å². The van der Waals surface area contributed by atoms with E-state index in [-0.39, 0.29) is 11.3 Å². The maximum Gasteiger partial charge on any atom is 0.284 e. The Morgan fingerprint density at radius 2 is 2.00 bits per heavy atom. The third kappa shape index (κ3) is 3.37. The smallest absolute Gasteiger partial charge is 0.284 e. The van der Waals surface area contributed by atoms with Crippen LogP contribution in [-0.2, 0) is 11.3 Å². The molecule has 1 aliphatic rings. The first-order chi connectivity index (χ1) is 9.55. The highest BCUT2D eigenvalue weighted by Crippen LogP contribution is 2.35. The van der Waals surface area contributed by atoms with Crippen molar-refractivity contribution in [2.45, 2.75) is 45.6 Å². The Morgan fingerprint density at radius 1 is 1.30 bits per heavy atom. The van der Waals surface area contributed by atoms with Crippen LogP contribution >= 0.6 is 11.3 Å². The van der Waals surface area contributed by atoms with Gasteiger partial charge < -0.3 is 5.32 Å². The third-order valence-electron chi connectivity index (χ3n) is 3.92. The number of hydrogen-bond acceptors (Lipinski definition) is 4. The van der Waals surface area contributed by atoms with Crippen molar-refractivity contribution in [3.8, 4) is 0 Å². The summed E-state index contributed by atoms with van der Waals surface area (Å²) in [5.41, 5.74) is 1.35. The van der Waals surface area contributed by atoms with Gasteiger partial charge in [0.05, 0.1) is 11.4 Å². The van der Waals surface area contributed by atoms with Crippen LogP contribution in [0.2, 0.25) is 0 Å². The fourth-order valence-corrected chi connectivity index (χ4v) is 3.43. The van der Waals surface area contributed by atoms with Gasteiger partial charge in [0.15, 0.2) is 0 Å². The average Bonchev–Trinajstić information content (AvgIpc) is 2.93. The number of thiophene rings is 1.